The number of ether oxygens (including phenoxy) is 2. The van der Waals surface area contributed by atoms with E-state index in [0.717, 1.165) is 24.2 Å². The molecule has 0 bridgehead atoms. The van der Waals surface area contributed by atoms with Gasteiger partial charge in [0.1, 0.15) is 0 Å². The number of rotatable bonds is 19. The summed E-state index contributed by atoms with van der Waals surface area (Å²) < 4.78 is 10.7. The van der Waals surface area contributed by atoms with Crippen LogP contribution in [0.15, 0.2) is 79.0 Å². The fraction of sp³-hybridized carbons (Fsp3) is 0.323. The van der Waals surface area contributed by atoms with E-state index in [-0.39, 0.29) is 5.91 Å². The van der Waals surface area contributed by atoms with Crippen molar-refractivity contribution in [1.29, 1.82) is 0 Å². The maximum atomic E-state index is 12.5. The minimum absolute atomic E-state index is 0.181. The van der Waals surface area contributed by atoms with Crippen molar-refractivity contribution in [3.8, 4) is 0 Å². The van der Waals surface area contributed by atoms with E-state index in [1.807, 2.05) is 36.4 Å². The summed E-state index contributed by atoms with van der Waals surface area (Å²) >= 11 is 0. The number of nitrogens with one attached hydrogen (secondary N) is 4. The third-order valence-electron chi connectivity index (χ3n) is 6.13. The van der Waals surface area contributed by atoms with Crippen molar-refractivity contribution in [3.05, 3.63) is 95.8 Å². The van der Waals surface area contributed by atoms with Crippen molar-refractivity contribution >= 4 is 29.4 Å². The first-order valence-corrected chi connectivity index (χ1v) is 14.4. The minimum Gasteiger partial charge on any atom is -0.378 e. The van der Waals surface area contributed by atoms with Crippen molar-refractivity contribution in [3.63, 3.8) is 0 Å². The van der Waals surface area contributed by atoms with E-state index in [9.17, 15) is 4.79 Å². The summed E-state index contributed by atoms with van der Waals surface area (Å²) in [5, 5.41) is 12.6. The van der Waals surface area contributed by atoms with Gasteiger partial charge in [0.15, 0.2) is 0 Å². The molecule has 0 aliphatic rings. The third-order valence-corrected chi connectivity index (χ3v) is 6.13. The molecule has 6 N–H and O–H groups in total. The molecule has 0 aliphatic carbocycles. The maximum absolute atomic E-state index is 12.5. The van der Waals surface area contributed by atoms with Crippen molar-refractivity contribution in [2.24, 2.45) is 5.73 Å². The molecule has 4 rings (SSSR count). The second-order valence-electron chi connectivity index (χ2n) is 9.44. The first-order chi connectivity index (χ1) is 21.2. The molecule has 2 aromatic carbocycles. The van der Waals surface area contributed by atoms with Crippen molar-refractivity contribution in [2.45, 2.75) is 12.8 Å². The second-order valence-corrected chi connectivity index (χ2v) is 9.44. The standard InChI is InChI=1S/C31H39N9O3/c32-15-20-42-22-23-43-21-19-34-28(41)25-9-11-27(12-10-25)37-31-39-29(35-17-13-24-6-2-1-3-7-24)38-30(40-31)36-18-14-26-8-4-5-16-33-26/h1-12,16H,13-15,17-23,32H2,(H,34,41)(H3,35,36,37,38,39,40). The number of hydrogen-bond donors (Lipinski definition) is 5. The Kier molecular flexibility index (Phi) is 13.1. The number of carbonyl (C=O) groups excluding carboxylic acids is 1. The van der Waals surface area contributed by atoms with Crippen LogP contribution in [0.2, 0.25) is 0 Å². The third kappa shape index (κ3) is 11.6. The van der Waals surface area contributed by atoms with Gasteiger partial charge in [-0.15, -0.1) is 0 Å². The average Bonchev–Trinajstić information content (AvgIpc) is 3.03. The fourth-order valence-corrected chi connectivity index (χ4v) is 3.98. The van der Waals surface area contributed by atoms with E-state index in [0.29, 0.717) is 76.0 Å². The summed E-state index contributed by atoms with van der Waals surface area (Å²) in [5.41, 5.74) is 8.84. The Labute approximate surface area is 251 Å². The van der Waals surface area contributed by atoms with E-state index in [2.05, 4.69) is 53.3 Å². The molecule has 0 unspecified atom stereocenters. The number of pyridine rings is 1. The van der Waals surface area contributed by atoms with Crippen LogP contribution in [0.5, 0.6) is 0 Å². The lowest BCUT2D eigenvalue weighted by Crippen LogP contribution is -2.27. The van der Waals surface area contributed by atoms with Gasteiger partial charge in [-0.1, -0.05) is 36.4 Å². The smallest absolute Gasteiger partial charge is 0.251 e. The van der Waals surface area contributed by atoms with Crippen LogP contribution in [0.3, 0.4) is 0 Å². The Morgan fingerprint density at radius 2 is 1.37 bits per heavy atom. The molecule has 0 saturated carbocycles. The lowest BCUT2D eigenvalue weighted by molar-refractivity contribution is 0.0511. The highest BCUT2D eigenvalue weighted by Gasteiger charge is 2.09. The molecule has 43 heavy (non-hydrogen) atoms. The van der Waals surface area contributed by atoms with Gasteiger partial charge < -0.3 is 36.5 Å². The Morgan fingerprint density at radius 1 is 0.698 bits per heavy atom. The van der Waals surface area contributed by atoms with Gasteiger partial charge in [0.05, 0.1) is 26.4 Å². The molecule has 0 aliphatic heterocycles. The summed E-state index contributed by atoms with van der Waals surface area (Å²) in [4.78, 5) is 30.5. The summed E-state index contributed by atoms with van der Waals surface area (Å²) in [6.07, 6.45) is 3.34. The van der Waals surface area contributed by atoms with Gasteiger partial charge >= 0.3 is 0 Å². The number of nitrogens with zero attached hydrogens (tertiary/aromatic N) is 4. The van der Waals surface area contributed by atoms with Gasteiger partial charge in [-0.3, -0.25) is 9.78 Å². The van der Waals surface area contributed by atoms with Gasteiger partial charge in [0.2, 0.25) is 17.8 Å². The SMILES string of the molecule is NCCOCCOCCNC(=O)c1ccc(Nc2nc(NCCc3ccccc3)nc(NCCc3ccccn3)n2)cc1. The zero-order valence-electron chi connectivity index (χ0n) is 24.2. The molecule has 0 atom stereocenters. The van der Waals surface area contributed by atoms with Crippen LogP contribution in [0.4, 0.5) is 23.5 Å². The topological polar surface area (TPSA) is 161 Å². The van der Waals surface area contributed by atoms with Gasteiger partial charge in [-0.2, -0.15) is 15.0 Å². The molecule has 2 heterocycles. The van der Waals surface area contributed by atoms with E-state index in [1.165, 1.54) is 5.56 Å². The number of nitrogens with two attached hydrogens (primary N) is 1. The molecular weight excluding hydrogens is 546 g/mol. The second kappa shape index (κ2) is 18.0. The molecule has 2 aromatic heterocycles. The number of carbonyl (C=O) groups is 1. The molecule has 0 fully saturated rings. The van der Waals surface area contributed by atoms with Gasteiger partial charge in [-0.25, -0.2) is 0 Å². The zero-order chi connectivity index (χ0) is 30.0. The number of benzene rings is 2. The van der Waals surface area contributed by atoms with Crippen molar-refractivity contribution in [1.82, 2.24) is 25.3 Å². The quantitative estimate of drug-likeness (QED) is 0.103. The normalized spacial score (nSPS) is 10.7. The predicted octanol–water partition coefficient (Wildman–Crippen LogP) is 3.04. The highest BCUT2D eigenvalue weighted by molar-refractivity contribution is 5.94. The zero-order valence-corrected chi connectivity index (χ0v) is 24.2. The van der Waals surface area contributed by atoms with E-state index in [1.54, 1.807) is 30.5 Å². The van der Waals surface area contributed by atoms with Gasteiger partial charge in [-0.05, 0) is 48.4 Å². The number of anilines is 4. The number of aromatic nitrogens is 4. The minimum atomic E-state index is -0.181. The average molecular weight is 586 g/mol. The van der Waals surface area contributed by atoms with E-state index in [4.69, 9.17) is 15.2 Å². The van der Waals surface area contributed by atoms with Crippen LogP contribution < -0.4 is 27.0 Å². The monoisotopic (exact) mass is 585 g/mol. The van der Waals surface area contributed by atoms with Crippen LogP contribution in [0.1, 0.15) is 21.6 Å². The maximum Gasteiger partial charge on any atom is 0.251 e. The molecule has 0 spiro atoms. The van der Waals surface area contributed by atoms with Crippen LogP contribution in [0, 0.1) is 0 Å². The van der Waals surface area contributed by atoms with E-state index >= 15 is 0 Å². The van der Waals surface area contributed by atoms with E-state index < -0.39 is 0 Å². The Hall–Kier alpha value is -4.65. The summed E-state index contributed by atoms with van der Waals surface area (Å²) in [5.74, 6) is 1.10. The van der Waals surface area contributed by atoms with Crippen molar-refractivity contribution < 1.29 is 14.3 Å². The summed E-state index contributed by atoms with van der Waals surface area (Å²) in [6, 6.07) is 23.2. The molecule has 12 heteroatoms. The van der Waals surface area contributed by atoms with Crippen LogP contribution in [-0.4, -0.2) is 78.4 Å². The first kappa shape index (κ1) is 31.3. The van der Waals surface area contributed by atoms with Gasteiger partial charge in [0.25, 0.3) is 5.91 Å². The molecule has 12 nitrogen and oxygen atoms in total. The number of amides is 1. The molecule has 0 saturated heterocycles. The lowest BCUT2D eigenvalue weighted by Gasteiger charge is -2.12. The number of hydrogen-bond acceptors (Lipinski definition) is 11. The first-order valence-electron chi connectivity index (χ1n) is 14.4. The summed E-state index contributed by atoms with van der Waals surface area (Å²) in [7, 11) is 0. The molecule has 226 valence electrons. The Morgan fingerprint density at radius 3 is 2.07 bits per heavy atom. The Balaban J connectivity index is 1.31. The van der Waals surface area contributed by atoms with Gasteiger partial charge in [0, 0.05) is 55.7 Å². The van der Waals surface area contributed by atoms with Crippen LogP contribution in [-0.2, 0) is 22.3 Å². The molecular formula is C31H39N9O3. The molecule has 4 aromatic rings. The van der Waals surface area contributed by atoms with Crippen molar-refractivity contribution in [2.75, 3.05) is 68.6 Å². The van der Waals surface area contributed by atoms with Crippen LogP contribution in [0.25, 0.3) is 0 Å². The van der Waals surface area contributed by atoms with Crippen LogP contribution >= 0.6 is 0 Å². The molecule has 0 radical (unpaired) electrons. The fourth-order valence-electron chi connectivity index (χ4n) is 3.98. The lowest BCUT2D eigenvalue weighted by atomic mass is 10.1. The highest BCUT2D eigenvalue weighted by Crippen LogP contribution is 2.17. The predicted molar refractivity (Wildman–Crippen MR) is 168 cm³/mol. The highest BCUT2D eigenvalue weighted by atomic mass is 16.5. The largest absolute Gasteiger partial charge is 0.378 e. The summed E-state index contributed by atoms with van der Waals surface area (Å²) in [6.45, 7) is 4.01. The molecule has 1 amide bonds. The Bertz CT molecular complexity index is 1300.